The zero-order valence-corrected chi connectivity index (χ0v) is 10.7. The molecule has 4 nitrogen and oxygen atoms in total. The number of nitrogens with two attached hydrogens (primary N) is 1. The highest BCUT2D eigenvalue weighted by atomic mass is 19.4. The van der Waals surface area contributed by atoms with Crippen LogP contribution in [0.5, 0.6) is 0 Å². The molecule has 0 amide bonds. The standard InChI is InChI=1S/C13H13F3N4/c1-2-11-19-10(17)7-12(20-11)18-9-5-3-8(4-6-9)13(14,15)16/h3-7H,2H2,1H3,(H3,17,18,19,20). The van der Waals surface area contributed by atoms with Crippen LogP contribution in [0.2, 0.25) is 0 Å². The Labute approximate surface area is 113 Å². The van der Waals surface area contributed by atoms with E-state index in [-0.39, 0.29) is 0 Å². The van der Waals surface area contributed by atoms with Crippen LogP contribution in [0.4, 0.5) is 30.5 Å². The Morgan fingerprint density at radius 3 is 2.35 bits per heavy atom. The average Bonchev–Trinajstić information content (AvgIpc) is 2.37. The summed E-state index contributed by atoms with van der Waals surface area (Å²) >= 11 is 0. The molecule has 1 aromatic carbocycles. The first-order chi connectivity index (χ1) is 9.38. The highest BCUT2D eigenvalue weighted by Gasteiger charge is 2.29. The van der Waals surface area contributed by atoms with Crippen molar-refractivity contribution in [1.29, 1.82) is 0 Å². The zero-order valence-electron chi connectivity index (χ0n) is 10.7. The van der Waals surface area contributed by atoms with E-state index in [2.05, 4.69) is 15.3 Å². The van der Waals surface area contributed by atoms with E-state index in [0.717, 1.165) is 12.1 Å². The number of aromatic nitrogens is 2. The molecule has 1 aromatic heterocycles. The van der Waals surface area contributed by atoms with Gasteiger partial charge in [0.15, 0.2) is 0 Å². The fraction of sp³-hybridized carbons (Fsp3) is 0.231. The summed E-state index contributed by atoms with van der Waals surface area (Å²) in [5.41, 5.74) is 5.43. The van der Waals surface area contributed by atoms with Crippen LogP contribution in [-0.2, 0) is 12.6 Å². The van der Waals surface area contributed by atoms with Crippen LogP contribution in [0.1, 0.15) is 18.3 Å². The van der Waals surface area contributed by atoms with E-state index in [1.165, 1.54) is 18.2 Å². The monoisotopic (exact) mass is 282 g/mol. The smallest absolute Gasteiger partial charge is 0.384 e. The first-order valence-corrected chi connectivity index (χ1v) is 5.96. The predicted molar refractivity (Wildman–Crippen MR) is 70.5 cm³/mol. The van der Waals surface area contributed by atoms with Crippen LogP contribution in [0.15, 0.2) is 30.3 Å². The molecule has 2 rings (SSSR count). The quantitative estimate of drug-likeness (QED) is 0.905. The van der Waals surface area contributed by atoms with Crippen LogP contribution in [0, 0.1) is 0 Å². The summed E-state index contributed by atoms with van der Waals surface area (Å²) in [5.74, 6) is 1.33. The van der Waals surface area contributed by atoms with Crippen LogP contribution < -0.4 is 11.1 Å². The van der Waals surface area contributed by atoms with Gasteiger partial charge in [0.2, 0.25) is 0 Å². The second-order valence-corrected chi connectivity index (χ2v) is 4.15. The number of nitrogens with one attached hydrogen (secondary N) is 1. The minimum atomic E-state index is -4.34. The topological polar surface area (TPSA) is 63.8 Å². The molecule has 3 N–H and O–H groups in total. The van der Waals surface area contributed by atoms with E-state index in [9.17, 15) is 13.2 Å². The summed E-state index contributed by atoms with van der Waals surface area (Å²) in [6.07, 6.45) is -3.72. The molecule has 0 fully saturated rings. The van der Waals surface area contributed by atoms with Crippen molar-refractivity contribution < 1.29 is 13.2 Å². The minimum Gasteiger partial charge on any atom is -0.384 e. The molecule has 2 aromatic rings. The van der Waals surface area contributed by atoms with Gasteiger partial charge in [0.05, 0.1) is 5.56 Å². The summed E-state index contributed by atoms with van der Waals surface area (Å²) in [5, 5.41) is 2.90. The molecule has 0 saturated carbocycles. The molecule has 0 aliphatic heterocycles. The number of halogens is 3. The van der Waals surface area contributed by atoms with Crippen LogP contribution in [-0.4, -0.2) is 9.97 Å². The van der Waals surface area contributed by atoms with Crippen molar-refractivity contribution in [3.63, 3.8) is 0 Å². The summed E-state index contributed by atoms with van der Waals surface area (Å²) in [7, 11) is 0. The lowest BCUT2D eigenvalue weighted by atomic mass is 10.2. The second-order valence-electron chi connectivity index (χ2n) is 4.15. The van der Waals surface area contributed by atoms with E-state index in [1.54, 1.807) is 0 Å². The minimum absolute atomic E-state index is 0.311. The van der Waals surface area contributed by atoms with Gasteiger partial charge in [-0.25, -0.2) is 9.97 Å². The number of benzene rings is 1. The van der Waals surface area contributed by atoms with Crippen molar-refractivity contribution in [1.82, 2.24) is 9.97 Å². The molecular formula is C13H13F3N4. The normalized spacial score (nSPS) is 11.4. The highest BCUT2D eigenvalue weighted by molar-refractivity contribution is 5.58. The van der Waals surface area contributed by atoms with E-state index < -0.39 is 11.7 Å². The second kappa shape index (κ2) is 5.36. The maximum Gasteiger partial charge on any atom is 0.416 e. The molecule has 20 heavy (non-hydrogen) atoms. The van der Waals surface area contributed by atoms with Gasteiger partial charge in [0.25, 0.3) is 0 Å². The van der Waals surface area contributed by atoms with E-state index in [0.29, 0.717) is 29.6 Å². The first kappa shape index (κ1) is 14.1. The van der Waals surface area contributed by atoms with Crippen molar-refractivity contribution in [2.24, 2.45) is 0 Å². The summed E-state index contributed by atoms with van der Waals surface area (Å²) in [6.45, 7) is 1.89. The van der Waals surface area contributed by atoms with Gasteiger partial charge in [-0.2, -0.15) is 13.2 Å². The zero-order chi connectivity index (χ0) is 14.8. The largest absolute Gasteiger partial charge is 0.416 e. The first-order valence-electron chi connectivity index (χ1n) is 5.96. The number of aryl methyl sites for hydroxylation is 1. The van der Waals surface area contributed by atoms with Crippen LogP contribution >= 0.6 is 0 Å². The summed E-state index contributed by atoms with van der Waals surface area (Å²) in [6, 6.07) is 6.22. The molecule has 0 aliphatic rings. The fourth-order valence-electron chi connectivity index (χ4n) is 1.63. The van der Waals surface area contributed by atoms with E-state index in [1.807, 2.05) is 6.92 Å². The Morgan fingerprint density at radius 2 is 1.80 bits per heavy atom. The van der Waals surface area contributed by atoms with Crippen molar-refractivity contribution in [2.75, 3.05) is 11.1 Å². The van der Waals surface area contributed by atoms with Gasteiger partial charge in [-0.1, -0.05) is 6.92 Å². The predicted octanol–water partition coefficient (Wildman–Crippen LogP) is 3.38. The lowest BCUT2D eigenvalue weighted by Crippen LogP contribution is -2.05. The average molecular weight is 282 g/mol. The molecule has 0 saturated heterocycles. The molecule has 0 bridgehead atoms. The van der Waals surface area contributed by atoms with Crippen molar-refractivity contribution in [3.8, 4) is 0 Å². The molecular weight excluding hydrogens is 269 g/mol. The summed E-state index contributed by atoms with van der Waals surface area (Å²) in [4.78, 5) is 8.21. The Bertz CT molecular complexity index is 594. The molecule has 0 radical (unpaired) electrons. The van der Waals surface area contributed by atoms with Crippen LogP contribution in [0.25, 0.3) is 0 Å². The van der Waals surface area contributed by atoms with Crippen molar-refractivity contribution >= 4 is 17.3 Å². The van der Waals surface area contributed by atoms with Crippen molar-refractivity contribution in [2.45, 2.75) is 19.5 Å². The number of nitrogen functional groups attached to an aromatic ring is 1. The number of rotatable bonds is 3. The van der Waals surface area contributed by atoms with Gasteiger partial charge in [0.1, 0.15) is 17.5 Å². The molecule has 106 valence electrons. The third-order valence-corrected chi connectivity index (χ3v) is 2.59. The van der Waals surface area contributed by atoms with Gasteiger partial charge in [-0.3, -0.25) is 0 Å². The lowest BCUT2D eigenvalue weighted by Gasteiger charge is -2.10. The lowest BCUT2D eigenvalue weighted by molar-refractivity contribution is -0.137. The third-order valence-electron chi connectivity index (χ3n) is 2.59. The van der Waals surface area contributed by atoms with Gasteiger partial charge < -0.3 is 11.1 Å². The SMILES string of the molecule is CCc1nc(N)cc(Nc2ccc(C(F)(F)F)cc2)n1. The summed E-state index contributed by atoms with van der Waals surface area (Å²) < 4.78 is 37.3. The van der Waals surface area contributed by atoms with Crippen molar-refractivity contribution in [3.05, 3.63) is 41.7 Å². The Kier molecular flexibility index (Phi) is 3.78. The Balaban J connectivity index is 2.20. The van der Waals surface area contributed by atoms with Crippen LogP contribution in [0.3, 0.4) is 0 Å². The number of nitrogens with zero attached hydrogens (tertiary/aromatic N) is 2. The third kappa shape index (κ3) is 3.37. The van der Waals surface area contributed by atoms with Gasteiger partial charge in [-0.05, 0) is 24.3 Å². The fourth-order valence-corrected chi connectivity index (χ4v) is 1.63. The number of hydrogen-bond acceptors (Lipinski definition) is 4. The van der Waals surface area contributed by atoms with Gasteiger partial charge in [0, 0.05) is 18.2 Å². The maximum atomic E-state index is 12.4. The molecule has 1 heterocycles. The molecule has 7 heteroatoms. The maximum absolute atomic E-state index is 12.4. The van der Waals surface area contributed by atoms with Gasteiger partial charge >= 0.3 is 6.18 Å². The van der Waals surface area contributed by atoms with Gasteiger partial charge in [-0.15, -0.1) is 0 Å². The van der Waals surface area contributed by atoms with E-state index >= 15 is 0 Å². The number of alkyl halides is 3. The molecule has 0 spiro atoms. The number of anilines is 3. The number of hydrogen-bond donors (Lipinski definition) is 2. The highest BCUT2D eigenvalue weighted by Crippen LogP contribution is 2.30. The molecule has 0 atom stereocenters. The Morgan fingerprint density at radius 1 is 1.15 bits per heavy atom. The Hall–Kier alpha value is -2.31. The molecule has 0 unspecified atom stereocenters. The van der Waals surface area contributed by atoms with E-state index in [4.69, 9.17) is 5.73 Å². The molecule has 0 aliphatic carbocycles.